The number of hydrogen-bond acceptors (Lipinski definition) is 5. The molecule has 0 aliphatic heterocycles. The van der Waals surface area contributed by atoms with E-state index < -0.39 is 17.7 Å². The first kappa shape index (κ1) is 17.7. The average Bonchev–Trinajstić information content (AvgIpc) is 3.31. The van der Waals surface area contributed by atoms with Crippen LogP contribution in [0.5, 0.6) is 0 Å². The van der Waals surface area contributed by atoms with Gasteiger partial charge in [0.25, 0.3) is 17.7 Å². The van der Waals surface area contributed by atoms with E-state index in [1.165, 1.54) is 24.5 Å². The number of carbonyl (C=O) groups is 3. The molecule has 0 aliphatic rings. The zero-order valence-electron chi connectivity index (χ0n) is 13.1. The van der Waals surface area contributed by atoms with Crippen molar-refractivity contribution < 1.29 is 18.8 Å². The van der Waals surface area contributed by atoms with E-state index in [-0.39, 0.29) is 16.3 Å². The molecule has 1 aromatic carbocycles. The lowest BCUT2D eigenvalue weighted by Crippen LogP contribution is -2.41. The molecule has 0 radical (unpaired) electrons. The summed E-state index contributed by atoms with van der Waals surface area (Å²) in [7, 11) is 0. The number of hydrazine groups is 1. The molecule has 26 heavy (non-hydrogen) atoms. The van der Waals surface area contributed by atoms with Crippen LogP contribution in [0.3, 0.4) is 0 Å². The van der Waals surface area contributed by atoms with Crippen molar-refractivity contribution in [2.24, 2.45) is 0 Å². The highest BCUT2D eigenvalue weighted by Gasteiger charge is 2.15. The van der Waals surface area contributed by atoms with Crippen molar-refractivity contribution in [1.82, 2.24) is 10.9 Å². The van der Waals surface area contributed by atoms with Crippen molar-refractivity contribution in [3.8, 4) is 0 Å². The number of rotatable bonds is 4. The molecule has 0 spiro atoms. The molecule has 3 amide bonds. The first-order valence-corrected chi connectivity index (χ1v) is 8.54. The number of anilines is 1. The van der Waals surface area contributed by atoms with E-state index in [2.05, 4.69) is 16.2 Å². The van der Waals surface area contributed by atoms with Crippen LogP contribution in [-0.2, 0) is 0 Å². The standard InChI is InChI=1S/C17H12ClN3O4S/c18-11-5-2-1-4-10(11)15(22)20-21-17(24)13-7-8-14(26-13)19-16(23)12-6-3-9-25-12/h1-9H,(H,19,23)(H,20,22)(H,21,24). The van der Waals surface area contributed by atoms with E-state index in [0.717, 1.165) is 11.3 Å². The monoisotopic (exact) mass is 389 g/mol. The molecule has 0 saturated carbocycles. The summed E-state index contributed by atoms with van der Waals surface area (Å²) in [5, 5.41) is 3.36. The third-order valence-corrected chi connectivity index (χ3v) is 4.55. The number of nitrogens with one attached hydrogen (secondary N) is 3. The molecule has 3 N–H and O–H groups in total. The fourth-order valence-corrected chi connectivity index (χ4v) is 3.01. The average molecular weight is 390 g/mol. The van der Waals surface area contributed by atoms with E-state index in [0.29, 0.717) is 9.88 Å². The van der Waals surface area contributed by atoms with E-state index in [1.54, 1.807) is 30.3 Å². The predicted octanol–water partition coefficient (Wildman–Crippen LogP) is 3.32. The van der Waals surface area contributed by atoms with Gasteiger partial charge in [-0.25, -0.2) is 0 Å². The van der Waals surface area contributed by atoms with Gasteiger partial charge in [0, 0.05) is 0 Å². The van der Waals surface area contributed by atoms with Gasteiger partial charge in [-0.1, -0.05) is 23.7 Å². The second-order valence-corrected chi connectivity index (χ2v) is 6.47. The van der Waals surface area contributed by atoms with Crippen LogP contribution < -0.4 is 16.2 Å². The third kappa shape index (κ3) is 4.11. The minimum absolute atomic E-state index is 0.163. The Balaban J connectivity index is 1.57. The van der Waals surface area contributed by atoms with Gasteiger partial charge < -0.3 is 9.73 Å². The van der Waals surface area contributed by atoms with Crippen LogP contribution in [0.15, 0.2) is 59.2 Å². The summed E-state index contributed by atoms with van der Waals surface area (Å²) in [6.07, 6.45) is 1.39. The molecule has 0 bridgehead atoms. The van der Waals surface area contributed by atoms with Crippen molar-refractivity contribution in [3.05, 3.63) is 76.0 Å². The summed E-state index contributed by atoms with van der Waals surface area (Å²) in [6.45, 7) is 0. The lowest BCUT2D eigenvalue weighted by Gasteiger charge is -2.07. The smallest absolute Gasteiger partial charge is 0.291 e. The Morgan fingerprint density at radius 2 is 1.65 bits per heavy atom. The quantitative estimate of drug-likeness (QED) is 0.596. The van der Waals surface area contributed by atoms with Crippen molar-refractivity contribution in [3.63, 3.8) is 0 Å². The van der Waals surface area contributed by atoms with Gasteiger partial charge in [0.05, 0.1) is 26.7 Å². The van der Waals surface area contributed by atoms with Crippen LogP contribution in [0, 0.1) is 0 Å². The molecule has 0 atom stereocenters. The second kappa shape index (κ2) is 7.85. The summed E-state index contributed by atoms with van der Waals surface area (Å²) in [5.74, 6) is -1.31. The zero-order chi connectivity index (χ0) is 18.5. The van der Waals surface area contributed by atoms with Gasteiger partial charge in [-0.15, -0.1) is 11.3 Å². The topological polar surface area (TPSA) is 100 Å². The molecule has 0 saturated heterocycles. The lowest BCUT2D eigenvalue weighted by atomic mass is 10.2. The number of benzene rings is 1. The van der Waals surface area contributed by atoms with Gasteiger partial charge in [0.15, 0.2) is 5.76 Å². The molecule has 9 heteroatoms. The maximum Gasteiger partial charge on any atom is 0.291 e. The predicted molar refractivity (Wildman–Crippen MR) is 97.4 cm³/mol. The Labute approximate surface area is 156 Å². The maximum atomic E-state index is 12.1. The SMILES string of the molecule is O=C(Nc1ccc(C(=O)NNC(=O)c2ccccc2Cl)s1)c1ccco1. The fourth-order valence-electron chi connectivity index (χ4n) is 2.00. The third-order valence-electron chi connectivity index (χ3n) is 3.22. The fraction of sp³-hybridized carbons (Fsp3) is 0. The minimum atomic E-state index is -0.535. The summed E-state index contributed by atoms with van der Waals surface area (Å²) >= 11 is 6.98. The molecule has 3 rings (SSSR count). The van der Waals surface area contributed by atoms with Crippen LogP contribution >= 0.6 is 22.9 Å². The summed E-state index contributed by atoms with van der Waals surface area (Å²) < 4.78 is 4.99. The van der Waals surface area contributed by atoms with Crippen LogP contribution in [-0.4, -0.2) is 17.7 Å². The molecular formula is C17H12ClN3O4S. The van der Waals surface area contributed by atoms with Gasteiger partial charge in [-0.05, 0) is 36.4 Å². The lowest BCUT2D eigenvalue weighted by molar-refractivity contribution is 0.0849. The number of thiophene rings is 1. The Morgan fingerprint density at radius 3 is 2.38 bits per heavy atom. The molecule has 3 aromatic rings. The van der Waals surface area contributed by atoms with Crippen LogP contribution in [0.4, 0.5) is 5.00 Å². The number of furan rings is 1. The second-order valence-electron chi connectivity index (χ2n) is 4.98. The summed E-state index contributed by atoms with van der Waals surface area (Å²) in [6, 6.07) is 12.7. The maximum absolute atomic E-state index is 12.1. The highest BCUT2D eigenvalue weighted by molar-refractivity contribution is 7.18. The van der Waals surface area contributed by atoms with Crippen molar-refractivity contribution in [1.29, 1.82) is 0 Å². The van der Waals surface area contributed by atoms with Gasteiger partial charge >= 0.3 is 0 Å². The summed E-state index contributed by atoms with van der Waals surface area (Å²) in [5.41, 5.74) is 4.84. The minimum Gasteiger partial charge on any atom is -0.459 e. The Morgan fingerprint density at radius 1 is 0.885 bits per heavy atom. The largest absolute Gasteiger partial charge is 0.459 e. The van der Waals surface area contributed by atoms with Gasteiger partial charge in [-0.3, -0.25) is 25.2 Å². The molecule has 2 aromatic heterocycles. The first-order chi connectivity index (χ1) is 12.5. The molecule has 0 fully saturated rings. The van der Waals surface area contributed by atoms with Crippen molar-refractivity contribution in [2.45, 2.75) is 0 Å². The van der Waals surface area contributed by atoms with E-state index in [1.807, 2.05) is 0 Å². The molecule has 0 aliphatic carbocycles. The van der Waals surface area contributed by atoms with Gasteiger partial charge in [0.2, 0.25) is 0 Å². The normalized spacial score (nSPS) is 10.2. The number of halogens is 1. The Bertz CT molecular complexity index is 953. The number of carbonyl (C=O) groups excluding carboxylic acids is 3. The zero-order valence-corrected chi connectivity index (χ0v) is 14.7. The highest BCUT2D eigenvalue weighted by Crippen LogP contribution is 2.22. The molecular weight excluding hydrogens is 378 g/mol. The van der Waals surface area contributed by atoms with E-state index in [9.17, 15) is 14.4 Å². The highest BCUT2D eigenvalue weighted by atomic mass is 35.5. The van der Waals surface area contributed by atoms with Gasteiger partial charge in [0.1, 0.15) is 0 Å². The van der Waals surface area contributed by atoms with Crippen molar-refractivity contribution >= 4 is 45.7 Å². The van der Waals surface area contributed by atoms with Crippen LogP contribution in [0.1, 0.15) is 30.6 Å². The van der Waals surface area contributed by atoms with E-state index >= 15 is 0 Å². The van der Waals surface area contributed by atoms with Crippen LogP contribution in [0.2, 0.25) is 5.02 Å². The molecule has 2 heterocycles. The number of amides is 3. The van der Waals surface area contributed by atoms with Gasteiger partial charge in [-0.2, -0.15) is 0 Å². The van der Waals surface area contributed by atoms with Crippen molar-refractivity contribution in [2.75, 3.05) is 5.32 Å². The molecule has 132 valence electrons. The summed E-state index contributed by atoms with van der Waals surface area (Å²) in [4.78, 5) is 36.3. The Kier molecular flexibility index (Phi) is 5.35. The molecule has 0 unspecified atom stereocenters. The molecule has 7 nitrogen and oxygen atoms in total. The number of hydrogen-bond donors (Lipinski definition) is 3. The Hall–Kier alpha value is -3.10. The van der Waals surface area contributed by atoms with E-state index in [4.69, 9.17) is 16.0 Å². The van der Waals surface area contributed by atoms with Crippen LogP contribution in [0.25, 0.3) is 0 Å². The first-order valence-electron chi connectivity index (χ1n) is 7.34.